The van der Waals surface area contributed by atoms with Gasteiger partial charge in [0.1, 0.15) is 36.1 Å². The van der Waals surface area contributed by atoms with Crippen LogP contribution >= 0.6 is 0 Å². The molecule has 3 rings (SSSR count). The average molecular weight is 439 g/mol. The lowest BCUT2D eigenvalue weighted by molar-refractivity contribution is -0.122. The third kappa shape index (κ3) is 5.78. The molecule has 1 N–H and O–H groups in total. The summed E-state index contributed by atoms with van der Waals surface area (Å²) in [4.78, 5) is 24.5. The predicted octanol–water partition coefficient (Wildman–Crippen LogP) is 2.13. The van der Waals surface area contributed by atoms with E-state index >= 15 is 0 Å². The minimum absolute atomic E-state index is 0.221. The second kappa shape index (κ2) is 10.9. The van der Waals surface area contributed by atoms with Crippen LogP contribution in [0.4, 0.5) is 0 Å². The van der Waals surface area contributed by atoms with E-state index in [1.165, 1.54) is 6.07 Å². The number of methoxy groups -OCH3 is 3. The van der Waals surface area contributed by atoms with E-state index in [1.807, 2.05) is 0 Å². The molecule has 0 aliphatic carbocycles. The number of carbonyl (C=O) groups excluding carboxylic acids is 1. The smallest absolute Gasteiger partial charge is 0.267 e. The molecule has 1 aromatic heterocycles. The maximum Gasteiger partial charge on any atom is 0.267 e. The van der Waals surface area contributed by atoms with Crippen LogP contribution in [0, 0.1) is 0 Å². The summed E-state index contributed by atoms with van der Waals surface area (Å²) in [6.45, 7) is 0.339. The maximum atomic E-state index is 12.3. The van der Waals surface area contributed by atoms with E-state index in [-0.39, 0.29) is 31.2 Å². The van der Waals surface area contributed by atoms with E-state index in [4.69, 9.17) is 18.9 Å². The number of rotatable bonds is 10. The highest BCUT2D eigenvalue weighted by Crippen LogP contribution is 2.31. The van der Waals surface area contributed by atoms with Crippen molar-refractivity contribution in [3.05, 3.63) is 65.0 Å². The first kappa shape index (κ1) is 22.7. The molecule has 0 bridgehead atoms. The van der Waals surface area contributed by atoms with E-state index in [1.54, 1.807) is 69.9 Å². The Kier molecular flexibility index (Phi) is 7.69. The number of amides is 1. The number of hydrogen-bond donors (Lipinski definition) is 1. The van der Waals surface area contributed by atoms with E-state index in [0.717, 1.165) is 10.4 Å². The first-order valence-electron chi connectivity index (χ1n) is 9.88. The summed E-state index contributed by atoms with van der Waals surface area (Å²) in [7, 11) is 4.69. The highest BCUT2D eigenvalue weighted by molar-refractivity contribution is 5.75. The standard InChI is InChI=1S/C23H25N3O6/c1-29-16-4-6-17(7-5-16)32-13-12-24-22(27)15-26-23(28)11-9-20(25-26)19-14-18(30-2)8-10-21(19)31-3/h4-11,14H,12-13,15H2,1-3H3,(H,24,27). The van der Waals surface area contributed by atoms with Gasteiger partial charge in [0.25, 0.3) is 5.56 Å². The van der Waals surface area contributed by atoms with Crippen molar-refractivity contribution in [2.45, 2.75) is 6.54 Å². The Labute approximate surface area is 185 Å². The van der Waals surface area contributed by atoms with Crippen LogP contribution in [-0.2, 0) is 11.3 Å². The Morgan fingerprint density at radius 1 is 0.906 bits per heavy atom. The molecule has 0 saturated heterocycles. The van der Waals surface area contributed by atoms with E-state index in [2.05, 4.69) is 10.4 Å². The van der Waals surface area contributed by atoms with Crippen molar-refractivity contribution in [1.29, 1.82) is 0 Å². The molecule has 0 aliphatic rings. The van der Waals surface area contributed by atoms with Crippen LogP contribution in [0.2, 0.25) is 0 Å². The Balaban J connectivity index is 1.61. The van der Waals surface area contributed by atoms with Crippen LogP contribution in [0.5, 0.6) is 23.0 Å². The number of carbonyl (C=O) groups is 1. The molecule has 0 saturated carbocycles. The van der Waals surface area contributed by atoms with Gasteiger partial charge in [0.15, 0.2) is 0 Å². The molecule has 3 aromatic rings. The fourth-order valence-electron chi connectivity index (χ4n) is 2.94. The molecule has 1 heterocycles. The lowest BCUT2D eigenvalue weighted by Gasteiger charge is -2.12. The van der Waals surface area contributed by atoms with Crippen LogP contribution in [0.3, 0.4) is 0 Å². The van der Waals surface area contributed by atoms with Gasteiger partial charge in [-0.2, -0.15) is 5.10 Å². The van der Waals surface area contributed by atoms with Crippen LogP contribution in [0.25, 0.3) is 11.3 Å². The van der Waals surface area contributed by atoms with Crippen LogP contribution in [0.1, 0.15) is 0 Å². The fraction of sp³-hybridized carbons (Fsp3) is 0.261. The molecule has 32 heavy (non-hydrogen) atoms. The number of benzene rings is 2. The topological polar surface area (TPSA) is 101 Å². The first-order valence-corrected chi connectivity index (χ1v) is 9.88. The fourth-order valence-corrected chi connectivity index (χ4v) is 2.94. The predicted molar refractivity (Wildman–Crippen MR) is 119 cm³/mol. The molecule has 168 valence electrons. The third-order valence-corrected chi connectivity index (χ3v) is 4.59. The van der Waals surface area contributed by atoms with Gasteiger partial charge in [-0.05, 0) is 48.5 Å². The summed E-state index contributed by atoms with van der Waals surface area (Å²) in [6.07, 6.45) is 0. The monoisotopic (exact) mass is 439 g/mol. The molecule has 9 heteroatoms. The molecule has 0 fully saturated rings. The Morgan fingerprint density at radius 3 is 2.28 bits per heavy atom. The summed E-state index contributed by atoms with van der Waals surface area (Å²) in [6, 6.07) is 15.4. The molecule has 0 unspecified atom stereocenters. The van der Waals surface area contributed by atoms with Gasteiger partial charge in [0.2, 0.25) is 5.91 Å². The largest absolute Gasteiger partial charge is 0.497 e. The van der Waals surface area contributed by atoms with Gasteiger partial charge in [-0.3, -0.25) is 9.59 Å². The van der Waals surface area contributed by atoms with Crippen molar-refractivity contribution in [1.82, 2.24) is 15.1 Å². The summed E-state index contributed by atoms with van der Waals surface area (Å²) < 4.78 is 22.4. The second-order valence-electron chi connectivity index (χ2n) is 6.65. The molecular formula is C23H25N3O6. The van der Waals surface area contributed by atoms with Gasteiger partial charge >= 0.3 is 0 Å². The first-order chi connectivity index (χ1) is 15.5. The quantitative estimate of drug-likeness (QED) is 0.483. The van der Waals surface area contributed by atoms with Crippen molar-refractivity contribution in [2.24, 2.45) is 0 Å². The zero-order valence-corrected chi connectivity index (χ0v) is 18.2. The van der Waals surface area contributed by atoms with Crippen LogP contribution < -0.4 is 29.8 Å². The SMILES string of the molecule is COc1ccc(OCCNC(=O)Cn2nc(-c3cc(OC)ccc3OC)ccc2=O)cc1. The van der Waals surface area contributed by atoms with Crippen molar-refractivity contribution in [3.63, 3.8) is 0 Å². The normalized spacial score (nSPS) is 10.3. The van der Waals surface area contributed by atoms with Gasteiger partial charge in [-0.25, -0.2) is 4.68 Å². The summed E-state index contributed by atoms with van der Waals surface area (Å²) in [5, 5.41) is 7.04. The Morgan fingerprint density at radius 2 is 1.59 bits per heavy atom. The van der Waals surface area contributed by atoms with Gasteiger partial charge in [0, 0.05) is 11.6 Å². The molecular weight excluding hydrogens is 414 g/mol. The van der Waals surface area contributed by atoms with Gasteiger partial charge in [-0.1, -0.05) is 0 Å². The number of ether oxygens (including phenoxy) is 4. The maximum absolute atomic E-state index is 12.3. The molecule has 1 amide bonds. The van der Waals surface area contributed by atoms with Crippen LogP contribution in [0.15, 0.2) is 59.4 Å². The van der Waals surface area contributed by atoms with Gasteiger partial charge in [0.05, 0.1) is 33.6 Å². The van der Waals surface area contributed by atoms with E-state index in [0.29, 0.717) is 28.5 Å². The summed E-state index contributed by atoms with van der Waals surface area (Å²) in [5.74, 6) is 2.24. The Hall–Kier alpha value is -4.01. The molecule has 0 atom stereocenters. The molecule has 9 nitrogen and oxygen atoms in total. The summed E-state index contributed by atoms with van der Waals surface area (Å²) in [5.41, 5.74) is 0.741. The lowest BCUT2D eigenvalue weighted by Crippen LogP contribution is -2.35. The minimum atomic E-state index is -0.389. The van der Waals surface area contributed by atoms with E-state index < -0.39 is 0 Å². The average Bonchev–Trinajstić information content (AvgIpc) is 2.83. The van der Waals surface area contributed by atoms with E-state index in [9.17, 15) is 9.59 Å². The van der Waals surface area contributed by atoms with Gasteiger partial charge < -0.3 is 24.3 Å². The Bertz CT molecular complexity index is 1110. The number of hydrogen-bond acceptors (Lipinski definition) is 7. The number of aromatic nitrogens is 2. The number of nitrogens with zero attached hydrogens (tertiary/aromatic N) is 2. The zero-order valence-electron chi connectivity index (χ0n) is 18.2. The molecule has 0 spiro atoms. The third-order valence-electron chi connectivity index (χ3n) is 4.59. The highest BCUT2D eigenvalue weighted by Gasteiger charge is 2.12. The van der Waals surface area contributed by atoms with Crippen molar-refractivity contribution in [3.8, 4) is 34.3 Å². The minimum Gasteiger partial charge on any atom is -0.497 e. The second-order valence-corrected chi connectivity index (χ2v) is 6.65. The van der Waals surface area contributed by atoms with Crippen molar-refractivity contribution < 1.29 is 23.7 Å². The number of nitrogens with one attached hydrogen (secondary N) is 1. The lowest BCUT2D eigenvalue weighted by atomic mass is 10.1. The highest BCUT2D eigenvalue weighted by atomic mass is 16.5. The van der Waals surface area contributed by atoms with Gasteiger partial charge in [-0.15, -0.1) is 0 Å². The molecule has 0 aliphatic heterocycles. The van der Waals surface area contributed by atoms with Crippen molar-refractivity contribution in [2.75, 3.05) is 34.5 Å². The van der Waals surface area contributed by atoms with Crippen molar-refractivity contribution >= 4 is 5.91 Å². The molecule has 2 aromatic carbocycles. The zero-order chi connectivity index (χ0) is 22.9. The summed E-state index contributed by atoms with van der Waals surface area (Å²) >= 11 is 0. The molecule has 0 radical (unpaired) electrons. The van der Waals surface area contributed by atoms with Crippen LogP contribution in [-0.4, -0.2) is 50.2 Å².